The maximum absolute atomic E-state index is 11.8. The molecule has 0 amide bonds. The van der Waals surface area contributed by atoms with Crippen LogP contribution in [0.15, 0.2) is 36.7 Å². The summed E-state index contributed by atoms with van der Waals surface area (Å²) in [7, 11) is 0. The Morgan fingerprint density at radius 3 is 2.28 bits per heavy atom. The first-order valence-corrected chi connectivity index (χ1v) is 11.0. The van der Waals surface area contributed by atoms with Crippen molar-refractivity contribution >= 4 is 29.7 Å². The van der Waals surface area contributed by atoms with Gasteiger partial charge in [0.1, 0.15) is 11.4 Å². The van der Waals surface area contributed by atoms with E-state index in [1.54, 1.807) is 30.6 Å². The molecule has 1 aliphatic rings. The van der Waals surface area contributed by atoms with Crippen LogP contribution in [0.3, 0.4) is 0 Å². The molecule has 0 aliphatic carbocycles. The summed E-state index contributed by atoms with van der Waals surface area (Å²) in [6.07, 6.45) is 0.505. The minimum Gasteiger partial charge on any atom is -0.473 e. The fourth-order valence-corrected chi connectivity index (χ4v) is 4.49. The van der Waals surface area contributed by atoms with Crippen LogP contribution in [0.2, 0.25) is 0 Å². The molecule has 0 bridgehead atoms. The fourth-order valence-electron chi connectivity index (χ4n) is 3.28. The third-order valence-electron chi connectivity index (χ3n) is 4.48. The molecule has 170 valence electrons. The van der Waals surface area contributed by atoms with Crippen molar-refractivity contribution < 1.29 is 33.3 Å². The molecule has 0 saturated carbocycles. The summed E-state index contributed by atoms with van der Waals surface area (Å²) in [5.41, 5.74) is 1.38. The number of ether oxygens (including phenoxy) is 4. The van der Waals surface area contributed by atoms with E-state index in [4.69, 9.17) is 18.9 Å². The van der Waals surface area contributed by atoms with Gasteiger partial charge >= 0.3 is 17.9 Å². The maximum Gasteiger partial charge on any atom is 0.303 e. The van der Waals surface area contributed by atoms with Crippen molar-refractivity contribution in [3.05, 3.63) is 42.4 Å². The van der Waals surface area contributed by atoms with Gasteiger partial charge in [0.2, 0.25) is 0 Å². The molecule has 3 heterocycles. The number of carbonyl (C=O) groups is 3. The van der Waals surface area contributed by atoms with E-state index in [2.05, 4.69) is 9.97 Å². The number of rotatable bonds is 6. The fraction of sp³-hybridized carbons (Fsp3) is 0.409. The molecule has 4 atom stereocenters. The number of aromatic nitrogens is 2. The summed E-state index contributed by atoms with van der Waals surface area (Å²) in [5, 5.41) is 0. The van der Waals surface area contributed by atoms with Crippen molar-refractivity contribution in [1.82, 2.24) is 9.97 Å². The van der Waals surface area contributed by atoms with E-state index in [0.29, 0.717) is 11.4 Å². The minimum atomic E-state index is -1.02. The number of nitrogens with zero attached hydrogens (tertiary/aromatic N) is 2. The lowest BCUT2D eigenvalue weighted by molar-refractivity contribution is -0.186. The van der Waals surface area contributed by atoms with Crippen LogP contribution in [-0.4, -0.2) is 57.4 Å². The zero-order chi connectivity index (χ0) is 23.3. The van der Waals surface area contributed by atoms with Gasteiger partial charge in [0.15, 0.2) is 23.7 Å². The van der Waals surface area contributed by atoms with Gasteiger partial charge in [-0.25, -0.2) is 4.98 Å². The largest absolute Gasteiger partial charge is 0.473 e. The Kier molecular flexibility index (Phi) is 7.68. The van der Waals surface area contributed by atoms with E-state index in [9.17, 15) is 14.4 Å². The molecule has 1 saturated heterocycles. The van der Waals surface area contributed by atoms with E-state index in [1.165, 1.54) is 32.5 Å². The van der Waals surface area contributed by atoms with Crippen LogP contribution in [0.1, 0.15) is 26.5 Å². The summed E-state index contributed by atoms with van der Waals surface area (Å²) in [4.78, 5) is 43.9. The van der Waals surface area contributed by atoms with Crippen LogP contribution in [0.4, 0.5) is 0 Å². The Hall–Kier alpha value is -3.14. The van der Waals surface area contributed by atoms with Crippen molar-refractivity contribution in [1.29, 1.82) is 0 Å². The molecule has 32 heavy (non-hydrogen) atoms. The SMILES string of the molecule is CC(=O)O[C@H]1[C@H](OC(C)=O)CSC(Oc2ccc(C)nc2-c2cccnc2)[C@@H]1OC(C)=O. The topological polar surface area (TPSA) is 114 Å². The number of pyridine rings is 2. The first-order chi connectivity index (χ1) is 15.2. The molecule has 9 nitrogen and oxygen atoms in total. The highest BCUT2D eigenvalue weighted by atomic mass is 32.2. The Labute approximate surface area is 189 Å². The second-order valence-electron chi connectivity index (χ2n) is 7.16. The number of thioether (sulfide) groups is 1. The number of carbonyl (C=O) groups excluding carboxylic acids is 3. The van der Waals surface area contributed by atoms with Crippen molar-refractivity contribution in [3.63, 3.8) is 0 Å². The van der Waals surface area contributed by atoms with Crippen LogP contribution >= 0.6 is 11.8 Å². The van der Waals surface area contributed by atoms with Crippen molar-refractivity contribution in [3.8, 4) is 17.0 Å². The molecule has 0 radical (unpaired) electrons. The molecule has 1 fully saturated rings. The van der Waals surface area contributed by atoms with Crippen LogP contribution in [0, 0.1) is 6.92 Å². The van der Waals surface area contributed by atoms with Crippen LogP contribution in [0.25, 0.3) is 11.3 Å². The quantitative estimate of drug-likeness (QED) is 0.471. The summed E-state index contributed by atoms with van der Waals surface area (Å²) >= 11 is 1.29. The van der Waals surface area contributed by atoms with E-state index >= 15 is 0 Å². The molecule has 10 heteroatoms. The lowest BCUT2D eigenvalue weighted by atomic mass is 10.1. The summed E-state index contributed by atoms with van der Waals surface area (Å²) in [6.45, 7) is 5.60. The zero-order valence-corrected chi connectivity index (χ0v) is 19.0. The van der Waals surface area contributed by atoms with E-state index in [1.807, 2.05) is 13.0 Å². The Morgan fingerprint density at radius 2 is 1.66 bits per heavy atom. The van der Waals surface area contributed by atoms with Crippen molar-refractivity contribution in [2.45, 2.75) is 51.4 Å². The van der Waals surface area contributed by atoms with Gasteiger partial charge in [-0.15, -0.1) is 11.8 Å². The maximum atomic E-state index is 11.8. The highest BCUT2D eigenvalue weighted by molar-refractivity contribution is 7.99. The van der Waals surface area contributed by atoms with E-state index in [-0.39, 0.29) is 5.75 Å². The normalized spacial score (nSPS) is 22.5. The van der Waals surface area contributed by atoms with Crippen LogP contribution < -0.4 is 4.74 Å². The first-order valence-electron chi connectivity index (χ1n) is 9.92. The zero-order valence-electron chi connectivity index (χ0n) is 18.1. The summed E-state index contributed by atoms with van der Waals surface area (Å²) < 4.78 is 22.4. The number of hydrogen-bond acceptors (Lipinski definition) is 10. The third kappa shape index (κ3) is 5.97. The van der Waals surface area contributed by atoms with Gasteiger partial charge in [-0.1, -0.05) is 0 Å². The van der Waals surface area contributed by atoms with Crippen LogP contribution in [0.5, 0.6) is 5.75 Å². The van der Waals surface area contributed by atoms with Gasteiger partial charge in [-0.2, -0.15) is 0 Å². The third-order valence-corrected chi connectivity index (χ3v) is 5.69. The standard InChI is InChI=1S/C22H24N2O7S/c1-12-7-8-17(19(24-12)16-6-5-9-23-10-16)31-22-21(30-15(4)27)20(29-14(3)26)18(11-32-22)28-13(2)25/h5-10,18,20-22H,11H2,1-4H3/t18-,20+,21-,22?/m1/s1. The average Bonchev–Trinajstić information content (AvgIpc) is 2.73. The van der Waals surface area contributed by atoms with Crippen LogP contribution in [-0.2, 0) is 28.6 Å². The number of hydrogen-bond donors (Lipinski definition) is 0. The lowest BCUT2D eigenvalue weighted by Crippen LogP contribution is -2.55. The Morgan fingerprint density at radius 1 is 0.969 bits per heavy atom. The second kappa shape index (κ2) is 10.4. The molecule has 2 aromatic heterocycles. The van der Waals surface area contributed by atoms with Gasteiger partial charge < -0.3 is 18.9 Å². The predicted octanol–water partition coefficient (Wildman–Crippen LogP) is 2.70. The molecule has 3 rings (SSSR count). The number of aryl methyl sites for hydroxylation is 1. The van der Waals surface area contributed by atoms with Gasteiger partial charge in [0, 0.05) is 50.2 Å². The molecule has 1 aliphatic heterocycles. The predicted molar refractivity (Wildman–Crippen MR) is 116 cm³/mol. The summed E-state index contributed by atoms with van der Waals surface area (Å²) in [5.74, 6) is -0.981. The highest BCUT2D eigenvalue weighted by Crippen LogP contribution is 2.37. The Bertz CT molecular complexity index is 985. The summed E-state index contributed by atoms with van der Waals surface area (Å²) in [6, 6.07) is 7.22. The molecular weight excluding hydrogens is 436 g/mol. The molecule has 2 aromatic rings. The number of esters is 3. The smallest absolute Gasteiger partial charge is 0.303 e. The lowest BCUT2D eigenvalue weighted by Gasteiger charge is -2.40. The molecule has 0 aromatic carbocycles. The van der Waals surface area contributed by atoms with E-state index in [0.717, 1.165) is 11.3 Å². The van der Waals surface area contributed by atoms with Gasteiger partial charge in [0.05, 0.1) is 0 Å². The average molecular weight is 461 g/mol. The van der Waals surface area contributed by atoms with E-state index < -0.39 is 41.7 Å². The van der Waals surface area contributed by atoms with Gasteiger partial charge in [0.25, 0.3) is 0 Å². The van der Waals surface area contributed by atoms with Gasteiger partial charge in [-0.3, -0.25) is 19.4 Å². The first kappa shape index (κ1) is 23.5. The molecule has 0 N–H and O–H groups in total. The van der Waals surface area contributed by atoms with Gasteiger partial charge in [-0.05, 0) is 31.2 Å². The minimum absolute atomic E-state index is 0.279. The molecule has 1 unspecified atom stereocenters. The molecular formula is C22H24N2O7S. The Balaban J connectivity index is 1.95. The van der Waals surface area contributed by atoms with Crippen molar-refractivity contribution in [2.75, 3.05) is 5.75 Å². The highest BCUT2D eigenvalue weighted by Gasteiger charge is 2.47. The monoisotopic (exact) mass is 460 g/mol. The molecule has 0 spiro atoms. The second-order valence-corrected chi connectivity index (χ2v) is 8.29. The van der Waals surface area contributed by atoms with Crippen molar-refractivity contribution in [2.24, 2.45) is 0 Å².